The van der Waals surface area contributed by atoms with E-state index < -0.39 is 0 Å². The van der Waals surface area contributed by atoms with Crippen LogP contribution in [0.4, 0.5) is 10.1 Å². The number of nitrogens with two attached hydrogens (primary N) is 1. The molecule has 1 amide bonds. The first-order chi connectivity index (χ1) is 11.1. The van der Waals surface area contributed by atoms with Gasteiger partial charge in [-0.15, -0.1) is 0 Å². The largest absolute Gasteiger partial charge is 0.487 e. The van der Waals surface area contributed by atoms with Crippen LogP contribution in [0.25, 0.3) is 0 Å². The van der Waals surface area contributed by atoms with Gasteiger partial charge in [-0.05, 0) is 37.1 Å². The number of amides is 1. The van der Waals surface area contributed by atoms with E-state index in [1.807, 2.05) is 13.0 Å². The van der Waals surface area contributed by atoms with Crippen LogP contribution < -0.4 is 15.8 Å². The Bertz CT molecular complexity index is 674. The van der Waals surface area contributed by atoms with Gasteiger partial charge in [0.15, 0.2) is 0 Å². The first kappa shape index (κ1) is 16.8. The number of benzene rings is 2. The lowest BCUT2D eigenvalue weighted by molar-refractivity contribution is -0.120. The molecule has 0 aliphatic carbocycles. The van der Waals surface area contributed by atoms with E-state index in [9.17, 15) is 9.18 Å². The molecule has 4 nitrogen and oxygen atoms in total. The molecule has 3 N–H and O–H groups in total. The molecule has 2 rings (SSSR count). The second-order valence-electron chi connectivity index (χ2n) is 5.21. The number of carbonyl (C=O) groups is 1. The SMILES string of the molecule is CCNC(=O)CCc1ccc(OCc2ccccc2F)c(N)c1. The Morgan fingerprint density at radius 3 is 2.74 bits per heavy atom. The molecule has 0 aromatic heterocycles. The lowest BCUT2D eigenvalue weighted by Gasteiger charge is -2.11. The van der Waals surface area contributed by atoms with Gasteiger partial charge < -0.3 is 15.8 Å². The fraction of sp³-hybridized carbons (Fsp3) is 0.278. The Labute approximate surface area is 135 Å². The van der Waals surface area contributed by atoms with Gasteiger partial charge in [0.2, 0.25) is 5.91 Å². The van der Waals surface area contributed by atoms with Crippen molar-refractivity contribution in [2.45, 2.75) is 26.4 Å². The molecule has 0 fully saturated rings. The van der Waals surface area contributed by atoms with Crippen LogP contribution in [0.15, 0.2) is 42.5 Å². The van der Waals surface area contributed by atoms with Crippen LogP contribution >= 0.6 is 0 Å². The Kier molecular flexibility index (Phi) is 5.97. The number of ether oxygens (including phenoxy) is 1. The molecule has 0 aliphatic rings. The van der Waals surface area contributed by atoms with Gasteiger partial charge >= 0.3 is 0 Å². The van der Waals surface area contributed by atoms with E-state index in [0.29, 0.717) is 36.4 Å². The van der Waals surface area contributed by atoms with Gasteiger partial charge in [-0.3, -0.25) is 4.79 Å². The van der Waals surface area contributed by atoms with E-state index in [4.69, 9.17) is 10.5 Å². The second-order valence-corrected chi connectivity index (χ2v) is 5.21. The third kappa shape index (κ3) is 4.98. The summed E-state index contributed by atoms with van der Waals surface area (Å²) in [4.78, 5) is 11.5. The standard InChI is InChI=1S/C18H21FN2O2/c1-2-21-18(22)10-8-13-7-9-17(16(20)11-13)23-12-14-5-3-4-6-15(14)19/h3-7,9,11H,2,8,10,12,20H2,1H3,(H,21,22). The number of aryl methyl sites for hydroxylation is 1. The van der Waals surface area contributed by atoms with Crippen molar-refractivity contribution < 1.29 is 13.9 Å². The Morgan fingerprint density at radius 2 is 2.04 bits per heavy atom. The van der Waals surface area contributed by atoms with Crippen molar-refractivity contribution in [1.82, 2.24) is 5.32 Å². The predicted molar refractivity (Wildman–Crippen MR) is 88.6 cm³/mol. The van der Waals surface area contributed by atoms with Crippen LogP contribution in [0.3, 0.4) is 0 Å². The van der Waals surface area contributed by atoms with E-state index in [1.165, 1.54) is 6.07 Å². The van der Waals surface area contributed by atoms with Gasteiger partial charge in [0.05, 0.1) is 5.69 Å². The molecule has 0 bridgehead atoms. The van der Waals surface area contributed by atoms with Crippen LogP contribution in [0.2, 0.25) is 0 Å². The molecule has 5 heteroatoms. The number of anilines is 1. The maximum absolute atomic E-state index is 13.5. The number of nitrogens with one attached hydrogen (secondary N) is 1. The zero-order chi connectivity index (χ0) is 16.7. The zero-order valence-corrected chi connectivity index (χ0v) is 13.1. The Morgan fingerprint density at radius 1 is 1.26 bits per heavy atom. The van der Waals surface area contributed by atoms with Crippen molar-refractivity contribution in [3.05, 3.63) is 59.4 Å². The molecule has 0 heterocycles. The molecular weight excluding hydrogens is 295 g/mol. The summed E-state index contributed by atoms with van der Waals surface area (Å²) in [5.74, 6) is 0.227. The average molecular weight is 316 g/mol. The van der Waals surface area contributed by atoms with Crippen molar-refractivity contribution in [2.24, 2.45) is 0 Å². The first-order valence-electron chi connectivity index (χ1n) is 7.61. The Hall–Kier alpha value is -2.56. The fourth-order valence-corrected chi connectivity index (χ4v) is 2.20. The minimum Gasteiger partial charge on any atom is -0.487 e. The van der Waals surface area contributed by atoms with Gasteiger partial charge in [-0.1, -0.05) is 24.3 Å². The predicted octanol–water partition coefficient (Wildman–Crippen LogP) is 3.06. The molecule has 2 aromatic rings. The number of hydrogen-bond donors (Lipinski definition) is 2. The molecule has 0 saturated carbocycles. The summed E-state index contributed by atoms with van der Waals surface area (Å²) < 4.78 is 19.1. The summed E-state index contributed by atoms with van der Waals surface area (Å²) in [5.41, 5.74) is 7.89. The summed E-state index contributed by atoms with van der Waals surface area (Å²) >= 11 is 0. The van der Waals surface area contributed by atoms with Crippen molar-refractivity contribution in [3.8, 4) is 5.75 Å². The van der Waals surface area contributed by atoms with E-state index >= 15 is 0 Å². The molecule has 0 spiro atoms. The van der Waals surface area contributed by atoms with E-state index in [2.05, 4.69) is 5.32 Å². The van der Waals surface area contributed by atoms with E-state index in [1.54, 1.807) is 30.3 Å². The highest BCUT2D eigenvalue weighted by molar-refractivity contribution is 5.76. The summed E-state index contributed by atoms with van der Waals surface area (Å²) in [6.45, 7) is 2.64. The van der Waals surface area contributed by atoms with E-state index in [0.717, 1.165) is 5.56 Å². The molecule has 23 heavy (non-hydrogen) atoms. The summed E-state index contributed by atoms with van der Waals surface area (Å²) in [6, 6.07) is 11.9. The third-order valence-corrected chi connectivity index (χ3v) is 3.43. The molecule has 0 saturated heterocycles. The van der Waals surface area contributed by atoms with Gasteiger partial charge in [0, 0.05) is 18.5 Å². The summed E-state index contributed by atoms with van der Waals surface area (Å²) in [6.07, 6.45) is 1.03. The molecule has 0 unspecified atom stereocenters. The van der Waals surface area contributed by atoms with E-state index in [-0.39, 0.29) is 18.3 Å². The highest BCUT2D eigenvalue weighted by Gasteiger charge is 2.07. The maximum Gasteiger partial charge on any atom is 0.220 e. The van der Waals surface area contributed by atoms with Crippen LogP contribution in [-0.2, 0) is 17.8 Å². The third-order valence-electron chi connectivity index (χ3n) is 3.43. The number of rotatable bonds is 7. The average Bonchev–Trinajstić information content (AvgIpc) is 2.54. The highest BCUT2D eigenvalue weighted by atomic mass is 19.1. The smallest absolute Gasteiger partial charge is 0.220 e. The minimum absolute atomic E-state index is 0.0194. The van der Waals surface area contributed by atoms with Crippen molar-refractivity contribution >= 4 is 11.6 Å². The number of halogens is 1. The molecule has 0 aliphatic heterocycles. The first-order valence-corrected chi connectivity index (χ1v) is 7.61. The second kappa shape index (κ2) is 8.17. The maximum atomic E-state index is 13.5. The quantitative estimate of drug-likeness (QED) is 0.772. The molecule has 0 atom stereocenters. The van der Waals surface area contributed by atoms with Gasteiger partial charge in [-0.2, -0.15) is 0 Å². The van der Waals surface area contributed by atoms with Crippen LogP contribution in [0, 0.1) is 5.82 Å². The van der Waals surface area contributed by atoms with Crippen LogP contribution in [-0.4, -0.2) is 12.5 Å². The summed E-state index contributed by atoms with van der Waals surface area (Å²) in [5, 5.41) is 2.76. The van der Waals surface area contributed by atoms with Crippen LogP contribution in [0.5, 0.6) is 5.75 Å². The van der Waals surface area contributed by atoms with Crippen molar-refractivity contribution in [1.29, 1.82) is 0 Å². The zero-order valence-electron chi connectivity index (χ0n) is 13.1. The highest BCUT2D eigenvalue weighted by Crippen LogP contribution is 2.24. The van der Waals surface area contributed by atoms with Gasteiger partial charge in [0.1, 0.15) is 18.2 Å². The normalized spacial score (nSPS) is 10.3. The lowest BCUT2D eigenvalue weighted by Crippen LogP contribution is -2.22. The number of hydrogen-bond acceptors (Lipinski definition) is 3. The van der Waals surface area contributed by atoms with Crippen molar-refractivity contribution in [2.75, 3.05) is 12.3 Å². The van der Waals surface area contributed by atoms with Crippen LogP contribution in [0.1, 0.15) is 24.5 Å². The Balaban J connectivity index is 1.94. The molecule has 0 radical (unpaired) electrons. The topological polar surface area (TPSA) is 64.3 Å². The fourth-order valence-electron chi connectivity index (χ4n) is 2.20. The summed E-state index contributed by atoms with van der Waals surface area (Å²) in [7, 11) is 0. The molecule has 122 valence electrons. The monoisotopic (exact) mass is 316 g/mol. The van der Waals surface area contributed by atoms with Crippen molar-refractivity contribution in [3.63, 3.8) is 0 Å². The van der Waals surface area contributed by atoms with Gasteiger partial charge in [-0.25, -0.2) is 4.39 Å². The number of carbonyl (C=O) groups excluding carboxylic acids is 1. The van der Waals surface area contributed by atoms with Gasteiger partial charge in [0.25, 0.3) is 0 Å². The molecule has 2 aromatic carbocycles. The molecular formula is C18H21FN2O2. The lowest BCUT2D eigenvalue weighted by atomic mass is 10.1. The minimum atomic E-state index is -0.301. The number of nitrogen functional groups attached to an aromatic ring is 1.